The van der Waals surface area contributed by atoms with E-state index in [4.69, 9.17) is 0 Å². The van der Waals surface area contributed by atoms with E-state index in [1.165, 1.54) is 4.31 Å². The zero-order chi connectivity index (χ0) is 14.5. The first-order valence-corrected chi connectivity index (χ1v) is 8.13. The minimum absolute atomic E-state index is 0.191. The van der Waals surface area contributed by atoms with Crippen LogP contribution in [0.3, 0.4) is 0 Å². The lowest BCUT2D eigenvalue weighted by Gasteiger charge is -2.29. The number of hydrogen-bond donors (Lipinski definition) is 2. The normalized spacial score (nSPS) is 19.1. The van der Waals surface area contributed by atoms with Gasteiger partial charge in [0.1, 0.15) is 0 Å². The molecule has 0 aromatic heterocycles. The Kier molecular flexibility index (Phi) is 6.18. The van der Waals surface area contributed by atoms with E-state index in [0.29, 0.717) is 39.3 Å². The van der Waals surface area contributed by atoms with Crippen molar-refractivity contribution < 1.29 is 13.2 Å². The Morgan fingerprint density at radius 3 is 2.32 bits per heavy atom. The number of nitrogens with zero attached hydrogens (tertiary/aromatic N) is 2. The van der Waals surface area contributed by atoms with Gasteiger partial charge in [-0.1, -0.05) is 0 Å². The van der Waals surface area contributed by atoms with E-state index >= 15 is 0 Å². The molecule has 1 heterocycles. The van der Waals surface area contributed by atoms with Crippen LogP contribution in [0.4, 0.5) is 0 Å². The molecule has 1 rings (SSSR count). The van der Waals surface area contributed by atoms with Crippen molar-refractivity contribution in [1.82, 2.24) is 19.2 Å². The Labute approximate surface area is 115 Å². The molecular formula is C11H24N4O3S. The van der Waals surface area contributed by atoms with Crippen LogP contribution in [0.1, 0.15) is 20.8 Å². The molecule has 0 saturated carbocycles. The number of nitrogens with one attached hydrogen (secondary N) is 2. The molecule has 1 fully saturated rings. The molecule has 1 aliphatic rings. The molecule has 1 saturated heterocycles. The summed E-state index contributed by atoms with van der Waals surface area (Å²) in [7, 11) is -3.58. The SMILES string of the molecule is CCN(CC)C(=O)C(C)NS(=O)(=O)N1CCNCC1. The summed E-state index contributed by atoms with van der Waals surface area (Å²) in [6, 6.07) is -0.736. The van der Waals surface area contributed by atoms with E-state index in [1.807, 2.05) is 13.8 Å². The number of likely N-dealkylation sites (N-methyl/N-ethyl adjacent to an activating group) is 1. The average Bonchev–Trinajstić information content (AvgIpc) is 2.40. The van der Waals surface area contributed by atoms with Gasteiger partial charge in [0.05, 0.1) is 6.04 Å². The molecule has 0 aromatic carbocycles. The fourth-order valence-corrected chi connectivity index (χ4v) is 3.40. The molecule has 0 spiro atoms. The Bertz CT molecular complexity index is 389. The molecule has 8 heteroatoms. The lowest BCUT2D eigenvalue weighted by molar-refractivity contribution is -0.132. The first-order chi connectivity index (χ1) is 8.92. The fourth-order valence-electron chi connectivity index (χ4n) is 2.04. The maximum atomic E-state index is 12.1. The third kappa shape index (κ3) is 4.41. The summed E-state index contributed by atoms with van der Waals surface area (Å²) in [5, 5.41) is 3.09. The number of amides is 1. The minimum atomic E-state index is -3.58. The molecule has 7 nitrogen and oxygen atoms in total. The molecule has 1 amide bonds. The van der Waals surface area contributed by atoms with Crippen molar-refractivity contribution >= 4 is 16.1 Å². The molecule has 1 unspecified atom stereocenters. The standard InChI is InChI=1S/C11H24N4O3S/c1-4-14(5-2)11(16)10(3)13-19(17,18)15-8-6-12-7-9-15/h10,12-13H,4-9H2,1-3H3. The van der Waals surface area contributed by atoms with E-state index in [2.05, 4.69) is 10.0 Å². The molecule has 0 aliphatic carbocycles. The highest BCUT2D eigenvalue weighted by Crippen LogP contribution is 2.03. The van der Waals surface area contributed by atoms with E-state index < -0.39 is 16.3 Å². The van der Waals surface area contributed by atoms with Gasteiger partial charge in [0.15, 0.2) is 0 Å². The van der Waals surface area contributed by atoms with Gasteiger partial charge in [-0.3, -0.25) is 4.79 Å². The van der Waals surface area contributed by atoms with Crippen molar-refractivity contribution in [3.63, 3.8) is 0 Å². The number of carbonyl (C=O) groups excluding carboxylic acids is 1. The number of hydrogen-bond acceptors (Lipinski definition) is 4. The van der Waals surface area contributed by atoms with Crippen LogP contribution in [-0.2, 0) is 15.0 Å². The topological polar surface area (TPSA) is 81.8 Å². The molecule has 2 N–H and O–H groups in total. The van der Waals surface area contributed by atoms with Gasteiger partial charge < -0.3 is 10.2 Å². The molecule has 1 atom stereocenters. The van der Waals surface area contributed by atoms with E-state index in [9.17, 15) is 13.2 Å². The van der Waals surface area contributed by atoms with Crippen molar-refractivity contribution in [2.75, 3.05) is 39.3 Å². The summed E-state index contributed by atoms with van der Waals surface area (Å²) in [5.41, 5.74) is 0. The summed E-state index contributed by atoms with van der Waals surface area (Å²) in [6.07, 6.45) is 0. The van der Waals surface area contributed by atoms with Gasteiger partial charge in [-0.05, 0) is 20.8 Å². The highest BCUT2D eigenvalue weighted by Gasteiger charge is 2.28. The maximum absolute atomic E-state index is 12.1. The van der Waals surface area contributed by atoms with Crippen molar-refractivity contribution in [3.8, 4) is 0 Å². The molecule has 19 heavy (non-hydrogen) atoms. The van der Waals surface area contributed by atoms with E-state index in [-0.39, 0.29) is 5.91 Å². The van der Waals surface area contributed by atoms with E-state index in [1.54, 1.807) is 11.8 Å². The van der Waals surface area contributed by atoms with Crippen LogP contribution in [0.25, 0.3) is 0 Å². The van der Waals surface area contributed by atoms with Crippen molar-refractivity contribution in [3.05, 3.63) is 0 Å². The van der Waals surface area contributed by atoms with Gasteiger partial charge in [-0.25, -0.2) is 0 Å². The third-order valence-corrected chi connectivity index (χ3v) is 4.88. The van der Waals surface area contributed by atoms with Crippen LogP contribution in [-0.4, -0.2) is 68.8 Å². The second-order valence-electron chi connectivity index (χ2n) is 4.50. The molecule has 0 radical (unpaired) electrons. The number of rotatable bonds is 6. The summed E-state index contributed by atoms with van der Waals surface area (Å²) in [5.74, 6) is -0.191. The van der Waals surface area contributed by atoms with Gasteiger partial charge in [0.2, 0.25) is 5.91 Å². The molecule has 1 aliphatic heterocycles. The van der Waals surface area contributed by atoms with E-state index in [0.717, 1.165) is 0 Å². The maximum Gasteiger partial charge on any atom is 0.280 e. The summed E-state index contributed by atoms with van der Waals surface area (Å²) in [6.45, 7) is 8.63. The van der Waals surface area contributed by atoms with Crippen molar-refractivity contribution in [2.45, 2.75) is 26.8 Å². The van der Waals surface area contributed by atoms with Gasteiger partial charge in [-0.2, -0.15) is 17.4 Å². The monoisotopic (exact) mass is 292 g/mol. The Morgan fingerprint density at radius 1 is 1.32 bits per heavy atom. The van der Waals surface area contributed by atoms with Crippen LogP contribution in [0.2, 0.25) is 0 Å². The van der Waals surface area contributed by atoms with Gasteiger partial charge in [0, 0.05) is 39.3 Å². The lowest BCUT2D eigenvalue weighted by Crippen LogP contribution is -2.55. The predicted molar refractivity (Wildman–Crippen MR) is 73.9 cm³/mol. The van der Waals surface area contributed by atoms with Crippen molar-refractivity contribution in [2.24, 2.45) is 0 Å². The molecule has 0 bridgehead atoms. The highest BCUT2D eigenvalue weighted by atomic mass is 32.2. The highest BCUT2D eigenvalue weighted by molar-refractivity contribution is 7.87. The third-order valence-electron chi connectivity index (χ3n) is 3.19. The lowest BCUT2D eigenvalue weighted by atomic mass is 10.3. The fraction of sp³-hybridized carbons (Fsp3) is 0.909. The van der Waals surface area contributed by atoms with Crippen LogP contribution in [0.5, 0.6) is 0 Å². The Balaban J connectivity index is 2.63. The summed E-state index contributed by atoms with van der Waals surface area (Å²) < 4.78 is 28.1. The quantitative estimate of drug-likeness (QED) is 0.657. The molecule has 112 valence electrons. The second kappa shape index (κ2) is 7.18. The zero-order valence-electron chi connectivity index (χ0n) is 11.8. The Hall–Kier alpha value is -0.700. The number of piperazine rings is 1. The van der Waals surface area contributed by atoms with Crippen LogP contribution in [0, 0.1) is 0 Å². The largest absolute Gasteiger partial charge is 0.342 e. The summed E-state index contributed by atoms with van der Waals surface area (Å²) >= 11 is 0. The van der Waals surface area contributed by atoms with Gasteiger partial charge in [-0.15, -0.1) is 0 Å². The smallest absolute Gasteiger partial charge is 0.280 e. The van der Waals surface area contributed by atoms with Gasteiger partial charge >= 0.3 is 0 Å². The predicted octanol–water partition coefficient (Wildman–Crippen LogP) is -1.02. The van der Waals surface area contributed by atoms with Gasteiger partial charge in [0.25, 0.3) is 10.2 Å². The summed E-state index contributed by atoms with van der Waals surface area (Å²) in [4.78, 5) is 13.6. The first-order valence-electron chi connectivity index (χ1n) is 6.69. The van der Waals surface area contributed by atoms with Crippen molar-refractivity contribution in [1.29, 1.82) is 0 Å². The number of carbonyl (C=O) groups is 1. The Morgan fingerprint density at radius 2 is 1.84 bits per heavy atom. The van der Waals surface area contributed by atoms with Crippen LogP contribution < -0.4 is 10.0 Å². The average molecular weight is 292 g/mol. The zero-order valence-corrected chi connectivity index (χ0v) is 12.7. The molecule has 0 aromatic rings. The van der Waals surface area contributed by atoms with Crippen LogP contribution >= 0.6 is 0 Å². The minimum Gasteiger partial charge on any atom is -0.342 e. The van der Waals surface area contributed by atoms with Crippen LogP contribution in [0.15, 0.2) is 0 Å². The molecular weight excluding hydrogens is 268 g/mol. The first kappa shape index (κ1) is 16.4. The second-order valence-corrected chi connectivity index (χ2v) is 6.21.